The van der Waals surface area contributed by atoms with Gasteiger partial charge in [0.15, 0.2) is 5.82 Å². The first-order chi connectivity index (χ1) is 26.2. The zero-order chi connectivity index (χ0) is 35.1. The number of para-hydroxylation sites is 1. The monoisotopic (exact) mass is 676 g/mol. The van der Waals surface area contributed by atoms with Crippen LogP contribution in [-0.2, 0) is 0 Å². The maximum atomic E-state index is 6.31. The molecule has 0 bridgehead atoms. The minimum absolute atomic E-state index is 0.681. The van der Waals surface area contributed by atoms with Gasteiger partial charge in [-0.2, -0.15) is 0 Å². The van der Waals surface area contributed by atoms with E-state index in [9.17, 15) is 0 Å². The van der Waals surface area contributed by atoms with Crippen molar-refractivity contribution in [2.45, 2.75) is 0 Å². The van der Waals surface area contributed by atoms with Crippen LogP contribution in [0.3, 0.4) is 0 Å². The molecule has 3 heteroatoms. The van der Waals surface area contributed by atoms with Crippen LogP contribution >= 0.6 is 0 Å². The van der Waals surface area contributed by atoms with Gasteiger partial charge in [-0.3, -0.25) is 0 Å². The van der Waals surface area contributed by atoms with E-state index < -0.39 is 0 Å². The highest BCUT2D eigenvalue weighted by atomic mass is 16.3. The van der Waals surface area contributed by atoms with Crippen LogP contribution in [0, 0.1) is 0 Å². The van der Waals surface area contributed by atoms with E-state index in [-0.39, 0.29) is 0 Å². The standard InChI is InChI=1S/C50H32N2O/c1-3-12-33(13-4-1)40-29-41(43-19-11-21-48-49(43)44-18-9-10-20-47(44)53-48)31-42(30-40)46-32-45(36-15-5-2-6-16-36)51-50(52-46)37-25-22-35(23-26-37)39-27-24-34-14-7-8-17-38(34)28-39/h1-32H. The Morgan fingerprint density at radius 1 is 0.321 bits per heavy atom. The largest absolute Gasteiger partial charge is 0.456 e. The van der Waals surface area contributed by atoms with E-state index in [2.05, 4.69) is 176 Å². The zero-order valence-electron chi connectivity index (χ0n) is 28.8. The molecule has 3 nitrogen and oxygen atoms in total. The predicted octanol–water partition coefficient (Wildman–Crippen LogP) is 13.5. The smallest absolute Gasteiger partial charge is 0.160 e. The summed E-state index contributed by atoms with van der Waals surface area (Å²) in [5, 5.41) is 4.68. The summed E-state index contributed by atoms with van der Waals surface area (Å²) in [7, 11) is 0. The van der Waals surface area contributed by atoms with Crippen molar-refractivity contribution in [2.75, 3.05) is 0 Å². The van der Waals surface area contributed by atoms with Gasteiger partial charge in [0.2, 0.25) is 0 Å². The number of aromatic nitrogens is 2. The molecule has 0 atom stereocenters. The third-order valence-corrected chi connectivity index (χ3v) is 10.1. The molecular formula is C50H32N2O. The van der Waals surface area contributed by atoms with E-state index >= 15 is 0 Å². The first-order valence-corrected chi connectivity index (χ1v) is 17.9. The number of hydrogen-bond donors (Lipinski definition) is 0. The first kappa shape index (κ1) is 30.7. The van der Waals surface area contributed by atoms with Gasteiger partial charge in [-0.1, -0.05) is 152 Å². The van der Waals surface area contributed by atoms with Crippen LogP contribution in [0.1, 0.15) is 0 Å². The molecule has 0 spiro atoms. The molecule has 0 saturated carbocycles. The Hall–Kier alpha value is -7.10. The fraction of sp³-hybridized carbons (Fsp3) is 0. The number of furan rings is 1. The number of fused-ring (bicyclic) bond motifs is 4. The average molecular weight is 677 g/mol. The van der Waals surface area contributed by atoms with Crippen LogP contribution in [-0.4, -0.2) is 9.97 Å². The van der Waals surface area contributed by atoms with E-state index in [4.69, 9.17) is 14.4 Å². The fourth-order valence-corrected chi connectivity index (χ4v) is 7.41. The third kappa shape index (κ3) is 5.75. The molecule has 0 saturated heterocycles. The first-order valence-electron chi connectivity index (χ1n) is 17.9. The Kier molecular flexibility index (Phi) is 7.47. The van der Waals surface area contributed by atoms with Gasteiger partial charge in [-0.15, -0.1) is 0 Å². The van der Waals surface area contributed by atoms with E-state index in [1.807, 2.05) is 18.2 Å². The van der Waals surface area contributed by atoms with E-state index in [1.165, 1.54) is 16.3 Å². The lowest BCUT2D eigenvalue weighted by atomic mass is 9.92. The summed E-state index contributed by atoms with van der Waals surface area (Å²) in [6, 6.07) is 68.1. The van der Waals surface area contributed by atoms with E-state index in [0.29, 0.717) is 5.82 Å². The minimum Gasteiger partial charge on any atom is -0.456 e. The van der Waals surface area contributed by atoms with Gasteiger partial charge in [0.25, 0.3) is 0 Å². The van der Waals surface area contributed by atoms with E-state index in [0.717, 1.165) is 77.8 Å². The Labute approximate surface area is 307 Å². The highest BCUT2D eigenvalue weighted by Gasteiger charge is 2.17. The Balaban J connectivity index is 1.14. The lowest BCUT2D eigenvalue weighted by Gasteiger charge is -2.14. The van der Waals surface area contributed by atoms with Crippen LogP contribution < -0.4 is 0 Å². The molecule has 2 aromatic heterocycles. The maximum absolute atomic E-state index is 6.31. The Morgan fingerprint density at radius 2 is 0.906 bits per heavy atom. The van der Waals surface area contributed by atoms with Gasteiger partial charge < -0.3 is 4.42 Å². The molecule has 10 rings (SSSR count). The summed E-state index contributed by atoms with van der Waals surface area (Å²) in [5.41, 5.74) is 13.3. The number of benzene rings is 8. The molecule has 0 aliphatic rings. The Bertz CT molecular complexity index is 2930. The van der Waals surface area contributed by atoms with Crippen molar-refractivity contribution in [3.8, 4) is 67.3 Å². The summed E-state index contributed by atoms with van der Waals surface area (Å²) < 4.78 is 6.31. The SMILES string of the molecule is c1ccc(-c2cc(-c3cc(-c4ccccc4)nc(-c4ccc(-c5ccc6ccccc6c5)cc4)n3)cc(-c3cccc4oc5ccccc5c34)c2)cc1. The van der Waals surface area contributed by atoms with Gasteiger partial charge in [0.1, 0.15) is 11.2 Å². The molecule has 0 amide bonds. The highest BCUT2D eigenvalue weighted by molar-refractivity contribution is 6.12. The van der Waals surface area contributed by atoms with Crippen molar-refractivity contribution >= 4 is 32.7 Å². The van der Waals surface area contributed by atoms with Crippen molar-refractivity contribution in [1.29, 1.82) is 0 Å². The molecule has 0 N–H and O–H groups in total. The van der Waals surface area contributed by atoms with Crippen LogP contribution in [0.5, 0.6) is 0 Å². The molecule has 0 unspecified atom stereocenters. The van der Waals surface area contributed by atoms with Crippen molar-refractivity contribution < 1.29 is 4.42 Å². The normalized spacial score (nSPS) is 11.4. The van der Waals surface area contributed by atoms with Gasteiger partial charge in [-0.25, -0.2) is 9.97 Å². The van der Waals surface area contributed by atoms with Crippen LogP contribution in [0.25, 0.3) is 100.0 Å². The Morgan fingerprint density at radius 3 is 1.72 bits per heavy atom. The second-order valence-corrected chi connectivity index (χ2v) is 13.4. The lowest BCUT2D eigenvalue weighted by Crippen LogP contribution is -1.97. The fourth-order valence-electron chi connectivity index (χ4n) is 7.41. The highest BCUT2D eigenvalue weighted by Crippen LogP contribution is 2.40. The molecule has 0 radical (unpaired) electrons. The van der Waals surface area contributed by atoms with Crippen molar-refractivity contribution in [3.05, 3.63) is 194 Å². The second kappa shape index (κ2) is 12.9. The van der Waals surface area contributed by atoms with Crippen LogP contribution in [0.15, 0.2) is 199 Å². The van der Waals surface area contributed by atoms with Crippen molar-refractivity contribution in [1.82, 2.24) is 9.97 Å². The minimum atomic E-state index is 0.681. The average Bonchev–Trinajstić information content (AvgIpc) is 3.63. The number of nitrogens with zero attached hydrogens (tertiary/aromatic N) is 2. The molecule has 10 aromatic rings. The summed E-state index contributed by atoms with van der Waals surface area (Å²) in [4.78, 5) is 10.4. The van der Waals surface area contributed by atoms with Gasteiger partial charge in [0.05, 0.1) is 11.4 Å². The number of hydrogen-bond acceptors (Lipinski definition) is 3. The second-order valence-electron chi connectivity index (χ2n) is 13.4. The summed E-state index contributed by atoms with van der Waals surface area (Å²) in [5.74, 6) is 0.681. The van der Waals surface area contributed by atoms with Gasteiger partial charge in [-0.05, 0) is 86.6 Å². The molecular weight excluding hydrogens is 645 g/mol. The molecule has 0 aliphatic heterocycles. The van der Waals surface area contributed by atoms with Crippen molar-refractivity contribution in [3.63, 3.8) is 0 Å². The summed E-state index contributed by atoms with van der Waals surface area (Å²) in [6.07, 6.45) is 0. The quantitative estimate of drug-likeness (QED) is 0.176. The van der Waals surface area contributed by atoms with Gasteiger partial charge in [0, 0.05) is 27.5 Å². The molecule has 248 valence electrons. The molecule has 0 aliphatic carbocycles. The lowest BCUT2D eigenvalue weighted by molar-refractivity contribution is 0.669. The summed E-state index contributed by atoms with van der Waals surface area (Å²) in [6.45, 7) is 0. The number of rotatable bonds is 6. The molecule has 8 aromatic carbocycles. The van der Waals surface area contributed by atoms with Crippen LogP contribution in [0.4, 0.5) is 0 Å². The molecule has 0 fully saturated rings. The van der Waals surface area contributed by atoms with E-state index in [1.54, 1.807) is 0 Å². The molecule has 53 heavy (non-hydrogen) atoms. The summed E-state index contributed by atoms with van der Waals surface area (Å²) >= 11 is 0. The van der Waals surface area contributed by atoms with Crippen molar-refractivity contribution in [2.24, 2.45) is 0 Å². The maximum Gasteiger partial charge on any atom is 0.160 e. The van der Waals surface area contributed by atoms with Gasteiger partial charge >= 0.3 is 0 Å². The van der Waals surface area contributed by atoms with Crippen LogP contribution in [0.2, 0.25) is 0 Å². The zero-order valence-corrected chi connectivity index (χ0v) is 28.8. The molecule has 2 heterocycles. The predicted molar refractivity (Wildman–Crippen MR) is 219 cm³/mol. The third-order valence-electron chi connectivity index (χ3n) is 10.1. The topological polar surface area (TPSA) is 38.9 Å².